The summed E-state index contributed by atoms with van der Waals surface area (Å²) < 4.78 is 25.7. The Balaban J connectivity index is 2.23. The Labute approximate surface area is 121 Å². The summed E-state index contributed by atoms with van der Waals surface area (Å²) in [4.78, 5) is 16.7. The van der Waals surface area contributed by atoms with Crippen molar-refractivity contribution >= 4 is 15.7 Å². The van der Waals surface area contributed by atoms with Crippen molar-refractivity contribution in [3.05, 3.63) is 52.0 Å². The summed E-state index contributed by atoms with van der Waals surface area (Å²) in [6.45, 7) is 1.68. The number of aromatic amines is 1. The van der Waals surface area contributed by atoms with Crippen molar-refractivity contribution in [1.82, 2.24) is 14.3 Å². The fourth-order valence-electron chi connectivity index (χ4n) is 1.81. The van der Waals surface area contributed by atoms with E-state index in [4.69, 9.17) is 0 Å². The average Bonchev–Trinajstić information content (AvgIpc) is 2.86. The Kier molecular flexibility index (Phi) is 4.05. The maximum Gasteiger partial charge on any atom is 0.269 e. The molecule has 8 nitrogen and oxygen atoms in total. The van der Waals surface area contributed by atoms with Crippen LogP contribution in [-0.4, -0.2) is 34.7 Å². The third kappa shape index (κ3) is 3.26. The lowest BCUT2D eigenvalue weighted by molar-refractivity contribution is -0.384. The lowest BCUT2D eigenvalue weighted by atomic mass is 10.2. The predicted molar refractivity (Wildman–Crippen MR) is 75.1 cm³/mol. The van der Waals surface area contributed by atoms with E-state index >= 15 is 0 Å². The Morgan fingerprint density at radius 1 is 1.43 bits per heavy atom. The van der Waals surface area contributed by atoms with Crippen molar-refractivity contribution in [2.75, 3.05) is 7.05 Å². The van der Waals surface area contributed by atoms with Gasteiger partial charge in [-0.15, -0.1) is 0 Å². The third-order valence-electron chi connectivity index (χ3n) is 2.89. The van der Waals surface area contributed by atoms with Crippen LogP contribution in [0.4, 0.5) is 5.69 Å². The number of nitrogens with one attached hydrogen (secondary N) is 1. The van der Waals surface area contributed by atoms with Crippen LogP contribution in [0.2, 0.25) is 0 Å². The molecule has 1 aromatic heterocycles. The maximum atomic E-state index is 12.3. The summed E-state index contributed by atoms with van der Waals surface area (Å²) >= 11 is 0. The van der Waals surface area contributed by atoms with E-state index in [1.807, 2.05) is 0 Å². The van der Waals surface area contributed by atoms with Crippen molar-refractivity contribution in [2.24, 2.45) is 0 Å². The SMILES string of the molecule is Cc1ncc(S(=O)(=O)N(C)Cc2cccc([N+](=O)[O-])c2)[nH]1. The highest BCUT2D eigenvalue weighted by atomic mass is 32.2. The Morgan fingerprint density at radius 3 is 2.71 bits per heavy atom. The van der Waals surface area contributed by atoms with Gasteiger partial charge in [0.05, 0.1) is 11.1 Å². The molecule has 21 heavy (non-hydrogen) atoms. The minimum absolute atomic E-state index is 0.00655. The summed E-state index contributed by atoms with van der Waals surface area (Å²) in [5.41, 5.74) is 0.460. The van der Waals surface area contributed by atoms with E-state index in [1.54, 1.807) is 13.0 Å². The monoisotopic (exact) mass is 310 g/mol. The highest BCUT2D eigenvalue weighted by molar-refractivity contribution is 7.89. The Morgan fingerprint density at radius 2 is 2.14 bits per heavy atom. The molecule has 0 atom stereocenters. The van der Waals surface area contributed by atoms with Crippen LogP contribution in [0.1, 0.15) is 11.4 Å². The molecule has 2 aromatic rings. The summed E-state index contributed by atoms with van der Waals surface area (Å²) in [5.74, 6) is 0.498. The van der Waals surface area contributed by atoms with Crippen LogP contribution in [0.5, 0.6) is 0 Å². The molecule has 1 heterocycles. The first-order valence-electron chi connectivity index (χ1n) is 6.02. The van der Waals surface area contributed by atoms with E-state index in [1.165, 1.54) is 31.4 Å². The van der Waals surface area contributed by atoms with Crippen molar-refractivity contribution in [1.29, 1.82) is 0 Å². The van der Waals surface area contributed by atoms with Crippen LogP contribution in [0, 0.1) is 17.0 Å². The second-order valence-corrected chi connectivity index (χ2v) is 6.53. The van der Waals surface area contributed by atoms with E-state index < -0.39 is 14.9 Å². The fourth-order valence-corrected chi connectivity index (χ4v) is 2.93. The number of sulfonamides is 1. The smallest absolute Gasteiger partial charge is 0.269 e. The highest BCUT2D eigenvalue weighted by Gasteiger charge is 2.23. The number of benzene rings is 1. The molecule has 0 fully saturated rings. The minimum atomic E-state index is -3.70. The molecule has 0 aliphatic carbocycles. The first-order valence-corrected chi connectivity index (χ1v) is 7.46. The van der Waals surface area contributed by atoms with E-state index in [-0.39, 0.29) is 17.3 Å². The van der Waals surface area contributed by atoms with Gasteiger partial charge in [-0.05, 0) is 12.5 Å². The number of rotatable bonds is 5. The molecular formula is C12H14N4O4S. The van der Waals surface area contributed by atoms with Gasteiger partial charge in [0, 0.05) is 25.7 Å². The van der Waals surface area contributed by atoms with Crippen LogP contribution in [0.15, 0.2) is 35.5 Å². The van der Waals surface area contributed by atoms with Crippen molar-refractivity contribution < 1.29 is 13.3 Å². The van der Waals surface area contributed by atoms with E-state index in [2.05, 4.69) is 9.97 Å². The number of imidazole rings is 1. The number of hydrogen-bond donors (Lipinski definition) is 1. The normalized spacial score (nSPS) is 11.8. The number of hydrogen-bond acceptors (Lipinski definition) is 5. The van der Waals surface area contributed by atoms with Crippen LogP contribution in [-0.2, 0) is 16.6 Å². The maximum absolute atomic E-state index is 12.3. The quantitative estimate of drug-likeness (QED) is 0.664. The van der Waals surface area contributed by atoms with Crippen LogP contribution in [0.25, 0.3) is 0 Å². The zero-order valence-electron chi connectivity index (χ0n) is 11.5. The third-order valence-corrected chi connectivity index (χ3v) is 4.61. The summed E-state index contributed by atoms with van der Waals surface area (Å²) in [5, 5.41) is 10.7. The topological polar surface area (TPSA) is 109 Å². The molecule has 0 unspecified atom stereocenters. The number of aromatic nitrogens is 2. The molecule has 0 aliphatic heterocycles. The van der Waals surface area contributed by atoms with Crippen LogP contribution < -0.4 is 0 Å². The van der Waals surface area contributed by atoms with Gasteiger partial charge in [-0.3, -0.25) is 10.1 Å². The molecule has 1 N–H and O–H groups in total. The zero-order chi connectivity index (χ0) is 15.6. The predicted octanol–water partition coefficient (Wildman–Crippen LogP) is 1.45. The molecule has 0 aliphatic rings. The molecule has 0 bridgehead atoms. The van der Waals surface area contributed by atoms with Gasteiger partial charge in [-0.1, -0.05) is 12.1 Å². The molecule has 0 saturated carbocycles. The van der Waals surface area contributed by atoms with Crippen molar-refractivity contribution in [2.45, 2.75) is 18.5 Å². The van der Waals surface area contributed by atoms with Crippen LogP contribution in [0.3, 0.4) is 0 Å². The van der Waals surface area contributed by atoms with E-state index in [0.717, 1.165) is 4.31 Å². The van der Waals surface area contributed by atoms with Gasteiger partial charge in [0.15, 0.2) is 5.03 Å². The van der Waals surface area contributed by atoms with Gasteiger partial charge in [0.2, 0.25) is 0 Å². The molecule has 0 amide bonds. The lowest BCUT2D eigenvalue weighted by Crippen LogP contribution is -2.26. The Bertz CT molecular complexity index is 769. The van der Waals surface area contributed by atoms with Crippen LogP contribution >= 0.6 is 0 Å². The van der Waals surface area contributed by atoms with Gasteiger partial charge >= 0.3 is 0 Å². The van der Waals surface area contributed by atoms with Gasteiger partial charge in [-0.2, -0.15) is 4.31 Å². The van der Waals surface area contributed by atoms with Gasteiger partial charge in [0.1, 0.15) is 5.82 Å². The minimum Gasteiger partial charge on any atom is -0.332 e. The number of non-ortho nitro benzene ring substituents is 1. The molecule has 0 saturated heterocycles. The van der Waals surface area contributed by atoms with Gasteiger partial charge in [0.25, 0.3) is 15.7 Å². The number of H-pyrrole nitrogens is 1. The molecular weight excluding hydrogens is 296 g/mol. The first kappa shape index (κ1) is 15.1. The summed E-state index contributed by atoms with van der Waals surface area (Å²) in [6.07, 6.45) is 1.24. The summed E-state index contributed by atoms with van der Waals surface area (Å²) in [6, 6.07) is 5.87. The largest absolute Gasteiger partial charge is 0.332 e. The van der Waals surface area contributed by atoms with E-state index in [9.17, 15) is 18.5 Å². The highest BCUT2D eigenvalue weighted by Crippen LogP contribution is 2.18. The van der Waals surface area contributed by atoms with E-state index in [0.29, 0.717) is 11.4 Å². The zero-order valence-corrected chi connectivity index (χ0v) is 12.3. The molecule has 0 spiro atoms. The standard InChI is InChI=1S/C12H14N4O4S/c1-9-13-7-12(14-9)21(19,20)15(2)8-10-4-3-5-11(6-10)16(17)18/h3-7H,8H2,1-2H3,(H,13,14). The Hall–Kier alpha value is -2.26. The molecule has 2 rings (SSSR count). The van der Waals surface area contributed by atoms with Crippen molar-refractivity contribution in [3.8, 4) is 0 Å². The molecule has 112 valence electrons. The second-order valence-electron chi connectivity index (χ2n) is 4.52. The van der Waals surface area contributed by atoms with Gasteiger partial charge < -0.3 is 4.98 Å². The molecule has 9 heteroatoms. The average molecular weight is 310 g/mol. The number of nitrogens with zero attached hydrogens (tertiary/aromatic N) is 3. The first-order chi connectivity index (χ1) is 9.80. The number of nitro benzene ring substituents is 1. The molecule has 1 aromatic carbocycles. The fraction of sp³-hybridized carbons (Fsp3) is 0.250. The molecule has 0 radical (unpaired) electrons. The lowest BCUT2D eigenvalue weighted by Gasteiger charge is -2.15. The number of aryl methyl sites for hydroxylation is 1. The number of nitro groups is 1. The summed E-state index contributed by atoms with van der Waals surface area (Å²) in [7, 11) is -2.30. The second kappa shape index (κ2) is 5.62. The van der Waals surface area contributed by atoms with Gasteiger partial charge in [-0.25, -0.2) is 13.4 Å². The van der Waals surface area contributed by atoms with Crippen molar-refractivity contribution in [3.63, 3.8) is 0 Å².